The van der Waals surface area contributed by atoms with Gasteiger partial charge in [-0.3, -0.25) is 0 Å². The second-order valence-electron chi connectivity index (χ2n) is 4.44. The number of nitrogens with zero attached hydrogens (tertiary/aromatic N) is 1. The number of hydrogen-bond donors (Lipinski definition) is 0. The maximum absolute atomic E-state index is 5.98. The summed E-state index contributed by atoms with van der Waals surface area (Å²) in [5, 5.41) is 2.99. The van der Waals surface area contributed by atoms with E-state index in [-0.39, 0.29) is 0 Å². The first kappa shape index (κ1) is 15.3. The minimum Gasteiger partial charge on any atom is -0.493 e. The van der Waals surface area contributed by atoms with Crippen LogP contribution < -0.4 is 9.47 Å². The Hall–Kier alpha value is -1.56. The first-order valence-electron chi connectivity index (χ1n) is 6.73. The molecular formula is C16H14ClNO2S2. The lowest BCUT2D eigenvalue weighted by Gasteiger charge is -2.09. The van der Waals surface area contributed by atoms with E-state index in [1.807, 2.05) is 42.6 Å². The van der Waals surface area contributed by atoms with Crippen molar-refractivity contribution in [1.82, 2.24) is 4.98 Å². The number of thiazole rings is 1. The van der Waals surface area contributed by atoms with Gasteiger partial charge in [0.15, 0.2) is 11.5 Å². The van der Waals surface area contributed by atoms with Crippen LogP contribution in [0, 0.1) is 0 Å². The Balaban J connectivity index is 1.93. The predicted molar refractivity (Wildman–Crippen MR) is 93.6 cm³/mol. The smallest absolute Gasteiger partial charge is 0.161 e. The Labute approximate surface area is 142 Å². The number of methoxy groups -OCH3 is 1. The molecule has 3 nitrogen and oxygen atoms in total. The normalized spacial score (nSPS) is 10.7. The van der Waals surface area contributed by atoms with Crippen LogP contribution in [0.1, 0.15) is 6.92 Å². The van der Waals surface area contributed by atoms with Gasteiger partial charge in [0.2, 0.25) is 0 Å². The summed E-state index contributed by atoms with van der Waals surface area (Å²) in [6, 6.07) is 9.75. The van der Waals surface area contributed by atoms with E-state index in [1.54, 1.807) is 18.4 Å². The van der Waals surface area contributed by atoms with Gasteiger partial charge < -0.3 is 9.47 Å². The van der Waals surface area contributed by atoms with Crippen molar-refractivity contribution in [3.8, 4) is 32.6 Å². The average molecular weight is 352 g/mol. The van der Waals surface area contributed by atoms with Crippen molar-refractivity contribution < 1.29 is 9.47 Å². The van der Waals surface area contributed by atoms with E-state index in [2.05, 4.69) is 4.98 Å². The summed E-state index contributed by atoms with van der Waals surface area (Å²) >= 11 is 9.12. The Morgan fingerprint density at radius 2 is 2.05 bits per heavy atom. The lowest BCUT2D eigenvalue weighted by atomic mass is 10.2. The SMILES string of the molecule is CCOc1ccc(-c2nc(-c3ccc(Cl)s3)cs2)cc1OC. The fourth-order valence-electron chi connectivity index (χ4n) is 2.05. The van der Waals surface area contributed by atoms with Crippen LogP contribution in [-0.4, -0.2) is 18.7 Å². The van der Waals surface area contributed by atoms with E-state index in [1.165, 1.54) is 11.3 Å². The zero-order valence-electron chi connectivity index (χ0n) is 12.1. The monoisotopic (exact) mass is 351 g/mol. The first-order valence-corrected chi connectivity index (χ1v) is 8.81. The van der Waals surface area contributed by atoms with Gasteiger partial charge in [-0.25, -0.2) is 4.98 Å². The lowest BCUT2D eigenvalue weighted by molar-refractivity contribution is 0.311. The molecule has 114 valence electrons. The summed E-state index contributed by atoms with van der Waals surface area (Å²) in [6.07, 6.45) is 0. The standard InChI is InChI=1S/C16H14ClNO2S2/c1-3-20-12-5-4-10(8-13(12)19-2)16-18-11(9-21-16)14-6-7-15(17)22-14/h4-9H,3H2,1-2H3. The second-order valence-corrected chi connectivity index (χ2v) is 7.01. The van der Waals surface area contributed by atoms with E-state index in [9.17, 15) is 0 Å². The summed E-state index contributed by atoms with van der Waals surface area (Å²) in [7, 11) is 1.64. The molecule has 0 fully saturated rings. The van der Waals surface area contributed by atoms with Crippen molar-refractivity contribution in [2.75, 3.05) is 13.7 Å². The third-order valence-electron chi connectivity index (χ3n) is 3.04. The van der Waals surface area contributed by atoms with Gasteiger partial charge in [0.25, 0.3) is 0 Å². The van der Waals surface area contributed by atoms with Crippen molar-refractivity contribution in [3.63, 3.8) is 0 Å². The molecule has 2 heterocycles. The van der Waals surface area contributed by atoms with E-state index in [0.717, 1.165) is 37.0 Å². The van der Waals surface area contributed by atoms with E-state index < -0.39 is 0 Å². The van der Waals surface area contributed by atoms with E-state index in [4.69, 9.17) is 21.1 Å². The quantitative estimate of drug-likeness (QED) is 0.599. The highest BCUT2D eigenvalue weighted by molar-refractivity contribution is 7.20. The lowest BCUT2D eigenvalue weighted by Crippen LogP contribution is -1.95. The summed E-state index contributed by atoms with van der Waals surface area (Å²) < 4.78 is 11.7. The van der Waals surface area contributed by atoms with Crippen molar-refractivity contribution in [3.05, 3.63) is 40.0 Å². The van der Waals surface area contributed by atoms with Gasteiger partial charge in [-0.1, -0.05) is 11.6 Å². The van der Waals surface area contributed by atoms with Crippen LogP contribution in [0.2, 0.25) is 4.34 Å². The van der Waals surface area contributed by atoms with Crippen molar-refractivity contribution in [1.29, 1.82) is 0 Å². The van der Waals surface area contributed by atoms with Crippen LogP contribution in [-0.2, 0) is 0 Å². The Morgan fingerprint density at radius 1 is 1.18 bits per heavy atom. The zero-order valence-corrected chi connectivity index (χ0v) is 14.5. The van der Waals surface area contributed by atoms with Gasteiger partial charge in [-0.05, 0) is 37.3 Å². The highest BCUT2D eigenvalue weighted by Gasteiger charge is 2.11. The molecule has 22 heavy (non-hydrogen) atoms. The fourth-order valence-corrected chi connectivity index (χ4v) is 3.94. The third kappa shape index (κ3) is 3.11. The molecule has 6 heteroatoms. The molecule has 0 aliphatic rings. The third-order valence-corrected chi connectivity index (χ3v) is 5.19. The molecule has 0 aliphatic heterocycles. The van der Waals surface area contributed by atoms with Gasteiger partial charge >= 0.3 is 0 Å². The summed E-state index contributed by atoms with van der Waals surface area (Å²) in [5.74, 6) is 1.46. The number of benzene rings is 1. The molecule has 0 radical (unpaired) electrons. The molecule has 2 aromatic heterocycles. The summed E-state index contributed by atoms with van der Waals surface area (Å²) in [6.45, 7) is 2.56. The van der Waals surface area contributed by atoms with Crippen molar-refractivity contribution in [2.45, 2.75) is 6.92 Å². The maximum atomic E-state index is 5.98. The molecule has 0 unspecified atom stereocenters. The van der Waals surface area contributed by atoms with Gasteiger partial charge in [0, 0.05) is 10.9 Å². The predicted octanol–water partition coefficient (Wildman–Crippen LogP) is 5.60. The van der Waals surface area contributed by atoms with Gasteiger partial charge in [-0.2, -0.15) is 0 Å². The number of rotatable bonds is 5. The first-order chi connectivity index (χ1) is 10.7. The second kappa shape index (κ2) is 6.69. The van der Waals surface area contributed by atoms with E-state index >= 15 is 0 Å². The van der Waals surface area contributed by atoms with Gasteiger partial charge in [0.1, 0.15) is 5.01 Å². The molecule has 3 rings (SSSR count). The van der Waals surface area contributed by atoms with Crippen LogP contribution in [0.5, 0.6) is 11.5 Å². The number of ether oxygens (including phenoxy) is 2. The molecule has 0 saturated carbocycles. The summed E-state index contributed by atoms with van der Waals surface area (Å²) in [5.41, 5.74) is 1.96. The van der Waals surface area contributed by atoms with Crippen LogP contribution in [0.4, 0.5) is 0 Å². The van der Waals surface area contributed by atoms with Crippen molar-refractivity contribution >= 4 is 34.3 Å². The molecular weight excluding hydrogens is 338 g/mol. The van der Waals surface area contributed by atoms with Crippen molar-refractivity contribution in [2.24, 2.45) is 0 Å². The van der Waals surface area contributed by atoms with Crippen LogP contribution in [0.3, 0.4) is 0 Å². The molecule has 0 N–H and O–H groups in total. The number of aromatic nitrogens is 1. The van der Waals surface area contributed by atoms with E-state index in [0.29, 0.717) is 6.61 Å². The molecule has 1 aromatic carbocycles. The number of hydrogen-bond acceptors (Lipinski definition) is 5. The minimum atomic E-state index is 0.607. The Kier molecular flexibility index (Phi) is 4.66. The maximum Gasteiger partial charge on any atom is 0.161 e. The molecule has 0 bridgehead atoms. The fraction of sp³-hybridized carbons (Fsp3) is 0.188. The number of thiophene rings is 1. The molecule has 3 aromatic rings. The highest BCUT2D eigenvalue weighted by atomic mass is 35.5. The molecule has 0 atom stereocenters. The molecule has 0 spiro atoms. The van der Waals surface area contributed by atoms with Gasteiger partial charge in [0.05, 0.1) is 28.6 Å². The average Bonchev–Trinajstić information content (AvgIpc) is 3.16. The molecule has 0 saturated heterocycles. The Bertz CT molecular complexity index is 782. The largest absolute Gasteiger partial charge is 0.493 e. The highest BCUT2D eigenvalue weighted by Crippen LogP contribution is 2.37. The molecule has 0 aliphatic carbocycles. The molecule has 0 amide bonds. The topological polar surface area (TPSA) is 31.4 Å². The minimum absolute atomic E-state index is 0.607. The Morgan fingerprint density at radius 3 is 2.73 bits per heavy atom. The van der Waals surface area contributed by atoms with Crippen LogP contribution >= 0.6 is 34.3 Å². The van der Waals surface area contributed by atoms with Crippen LogP contribution in [0.25, 0.3) is 21.1 Å². The number of halogens is 1. The zero-order chi connectivity index (χ0) is 15.5. The van der Waals surface area contributed by atoms with Gasteiger partial charge in [-0.15, -0.1) is 22.7 Å². The summed E-state index contributed by atoms with van der Waals surface area (Å²) in [4.78, 5) is 5.76. The van der Waals surface area contributed by atoms with Crippen LogP contribution in [0.15, 0.2) is 35.7 Å².